The van der Waals surface area contributed by atoms with Gasteiger partial charge >= 0.3 is 6.64 Å². The summed E-state index contributed by atoms with van der Waals surface area (Å²) in [6.45, 7) is 1.98. The van der Waals surface area contributed by atoms with E-state index in [2.05, 4.69) is 4.98 Å². The highest BCUT2D eigenvalue weighted by Crippen LogP contribution is 2.48. The molecule has 1 rings (SSSR count). The van der Waals surface area contributed by atoms with Crippen LogP contribution in [0.1, 0.15) is 39.5 Å². The molecule has 0 amide bonds. The smallest absolute Gasteiger partial charge is 0.314 e. The number of unbranched alkanes of at least 4 members (excludes halogenated alkanes) is 2. The van der Waals surface area contributed by atoms with E-state index < -0.39 is 12.6 Å². The number of halogens is 3. The van der Waals surface area contributed by atoms with E-state index in [0.29, 0.717) is 13.1 Å². The Balaban J connectivity index is 2.94. The van der Waals surface area contributed by atoms with E-state index in [1.54, 1.807) is 4.67 Å². The highest BCUT2D eigenvalue weighted by atomic mass is 35.5. The van der Waals surface area contributed by atoms with E-state index >= 15 is 0 Å². The van der Waals surface area contributed by atoms with Crippen LogP contribution in [0.3, 0.4) is 0 Å². The maximum absolute atomic E-state index is 13.4. The lowest BCUT2D eigenvalue weighted by atomic mass is 10.3. The van der Waals surface area contributed by atoms with Gasteiger partial charge in [0.15, 0.2) is 0 Å². The molecule has 0 aliphatic carbocycles. The van der Waals surface area contributed by atoms with Crippen molar-refractivity contribution in [1.29, 1.82) is 0 Å². The predicted octanol–water partition coefficient (Wildman–Crippen LogP) is 5.03. The van der Waals surface area contributed by atoms with Crippen molar-refractivity contribution >= 4 is 41.7 Å². The van der Waals surface area contributed by atoms with Crippen LogP contribution < -0.4 is 4.52 Å². The third-order valence-corrected chi connectivity index (χ3v) is 5.93. The number of pyridine rings is 1. The first-order valence-corrected chi connectivity index (χ1v) is 10.5. The average Bonchev–Trinajstić information content (AvgIpc) is 2.44. The van der Waals surface area contributed by atoms with E-state index in [4.69, 9.17) is 39.5 Å². The maximum atomic E-state index is 13.4. The van der Waals surface area contributed by atoms with E-state index in [9.17, 15) is 9.28 Å². The summed E-state index contributed by atoms with van der Waals surface area (Å²) < 4.78 is 20.6. The van der Waals surface area contributed by atoms with Crippen LogP contribution in [-0.4, -0.2) is 27.6 Å². The first-order valence-electron chi connectivity index (χ1n) is 7.11. The Kier molecular flexibility index (Phi) is 8.54. The molecule has 4 nitrogen and oxygen atoms in total. The van der Waals surface area contributed by atoms with Gasteiger partial charge in [0.25, 0.3) is 0 Å². The Labute approximate surface area is 145 Å². The van der Waals surface area contributed by atoms with Crippen molar-refractivity contribution in [2.45, 2.75) is 39.5 Å². The summed E-state index contributed by atoms with van der Waals surface area (Å²) in [6.07, 6.45) is 3.68. The first kappa shape index (κ1) is 20.1. The largest absolute Gasteiger partial charge is 0.413 e. The van der Waals surface area contributed by atoms with Crippen molar-refractivity contribution < 1.29 is 13.8 Å². The van der Waals surface area contributed by atoms with Gasteiger partial charge in [0.1, 0.15) is 5.02 Å². The van der Waals surface area contributed by atoms with Crippen molar-refractivity contribution in [2.75, 3.05) is 13.1 Å². The van der Waals surface area contributed by atoms with Crippen LogP contribution in [0, 0.1) is 5.95 Å². The molecule has 9 heteroatoms. The van der Waals surface area contributed by atoms with Crippen molar-refractivity contribution in [3.63, 3.8) is 0 Å². The Morgan fingerprint density at radius 2 is 1.82 bits per heavy atom. The SMILES string of the molecule is CCCCN(CCCC)P(O)(=S)Oc1nc(F)c(Cl)cc1Cl. The molecule has 0 aliphatic rings. The van der Waals surface area contributed by atoms with E-state index in [-0.39, 0.29) is 15.9 Å². The molecule has 1 N–H and O–H groups in total. The van der Waals surface area contributed by atoms with Crippen LogP contribution in [0.2, 0.25) is 10.0 Å². The number of aromatic nitrogens is 1. The molecule has 1 atom stereocenters. The van der Waals surface area contributed by atoms with Gasteiger partial charge in [-0.25, -0.2) is 4.67 Å². The number of hydrogen-bond acceptors (Lipinski definition) is 3. The summed E-state index contributed by atoms with van der Waals surface area (Å²) in [4.78, 5) is 14.1. The third-order valence-electron chi connectivity index (χ3n) is 2.96. The molecule has 1 heterocycles. The second-order valence-corrected chi connectivity index (χ2v) is 8.76. The summed E-state index contributed by atoms with van der Waals surface area (Å²) >= 11 is 16.7. The lowest BCUT2D eigenvalue weighted by Crippen LogP contribution is -2.25. The fraction of sp³-hybridized carbons (Fsp3) is 0.615. The molecular weight excluding hydrogens is 369 g/mol. The second-order valence-electron chi connectivity index (χ2n) is 4.79. The summed E-state index contributed by atoms with van der Waals surface area (Å²) in [7, 11) is 0. The summed E-state index contributed by atoms with van der Waals surface area (Å²) in [6, 6.07) is 1.18. The van der Waals surface area contributed by atoms with Crippen LogP contribution in [0.4, 0.5) is 4.39 Å². The summed E-state index contributed by atoms with van der Waals surface area (Å²) in [5.74, 6) is -1.14. The van der Waals surface area contributed by atoms with Crippen LogP contribution >= 0.6 is 29.8 Å². The van der Waals surface area contributed by atoms with Gasteiger partial charge in [0.2, 0.25) is 11.8 Å². The van der Waals surface area contributed by atoms with Gasteiger partial charge in [-0.3, -0.25) is 0 Å². The van der Waals surface area contributed by atoms with Gasteiger partial charge in [-0.05, 0) is 30.7 Å². The molecular formula is C13H20Cl2FN2O2PS. The minimum atomic E-state index is -3.34. The third kappa shape index (κ3) is 5.91. The summed E-state index contributed by atoms with van der Waals surface area (Å²) in [5, 5.41) is -0.196. The van der Waals surface area contributed by atoms with Gasteiger partial charge in [-0.1, -0.05) is 49.9 Å². The zero-order valence-corrected chi connectivity index (χ0v) is 15.8. The monoisotopic (exact) mass is 388 g/mol. The zero-order chi connectivity index (χ0) is 16.8. The summed E-state index contributed by atoms with van der Waals surface area (Å²) in [5.41, 5.74) is 0. The van der Waals surface area contributed by atoms with Crippen LogP contribution in [0.15, 0.2) is 6.07 Å². The molecule has 22 heavy (non-hydrogen) atoms. The van der Waals surface area contributed by atoms with Gasteiger partial charge < -0.3 is 9.42 Å². The number of nitrogens with zero attached hydrogens (tertiary/aromatic N) is 2. The van der Waals surface area contributed by atoms with Crippen LogP contribution in [0.5, 0.6) is 5.88 Å². The van der Waals surface area contributed by atoms with Gasteiger partial charge in [0.05, 0.1) is 5.02 Å². The number of rotatable bonds is 9. The van der Waals surface area contributed by atoms with Crippen LogP contribution in [0.25, 0.3) is 0 Å². The van der Waals surface area contributed by atoms with Gasteiger partial charge in [-0.2, -0.15) is 9.37 Å². The minimum absolute atomic E-state index is 0.0145. The van der Waals surface area contributed by atoms with Crippen molar-refractivity contribution in [2.24, 2.45) is 0 Å². The van der Waals surface area contributed by atoms with Crippen molar-refractivity contribution in [1.82, 2.24) is 9.65 Å². The lowest BCUT2D eigenvalue weighted by molar-refractivity contribution is 0.328. The average molecular weight is 389 g/mol. The van der Waals surface area contributed by atoms with Crippen LogP contribution in [-0.2, 0) is 11.8 Å². The van der Waals surface area contributed by atoms with Crippen molar-refractivity contribution in [3.05, 3.63) is 22.1 Å². The van der Waals surface area contributed by atoms with E-state index in [1.807, 2.05) is 13.8 Å². The number of hydrogen-bond donors (Lipinski definition) is 1. The molecule has 0 saturated heterocycles. The van der Waals surface area contributed by atoms with E-state index in [1.165, 1.54) is 6.07 Å². The normalized spacial score (nSPS) is 14.1. The molecule has 0 aromatic carbocycles. The maximum Gasteiger partial charge on any atom is 0.314 e. The zero-order valence-electron chi connectivity index (χ0n) is 12.6. The molecule has 0 saturated carbocycles. The fourth-order valence-electron chi connectivity index (χ4n) is 1.71. The van der Waals surface area contributed by atoms with Gasteiger partial charge in [-0.15, -0.1) is 0 Å². The topological polar surface area (TPSA) is 45.6 Å². The lowest BCUT2D eigenvalue weighted by Gasteiger charge is -2.29. The fourth-order valence-corrected chi connectivity index (χ4v) is 4.13. The Hall–Kier alpha value is 0.0300. The molecule has 0 fully saturated rings. The van der Waals surface area contributed by atoms with E-state index in [0.717, 1.165) is 25.7 Å². The Bertz CT molecular complexity index is 543. The predicted molar refractivity (Wildman–Crippen MR) is 92.7 cm³/mol. The van der Waals surface area contributed by atoms with Gasteiger partial charge in [0, 0.05) is 13.1 Å². The molecule has 0 spiro atoms. The highest BCUT2D eigenvalue weighted by Gasteiger charge is 2.27. The first-order chi connectivity index (χ1) is 10.3. The Morgan fingerprint density at radius 1 is 1.27 bits per heavy atom. The molecule has 1 aromatic rings. The second kappa shape index (κ2) is 9.36. The standard InChI is InChI=1S/C13H20Cl2FN2O2PS/c1-3-5-7-18(8-6-4-2)21(19,22)20-13-11(15)9-10(14)12(16)17-13/h9H,3-8H2,1-2H3,(H,19,22). The molecule has 1 unspecified atom stereocenters. The van der Waals surface area contributed by atoms with Crippen molar-refractivity contribution in [3.8, 4) is 5.88 Å². The minimum Gasteiger partial charge on any atom is -0.413 e. The molecule has 1 aromatic heterocycles. The highest BCUT2D eigenvalue weighted by molar-refractivity contribution is 8.08. The quantitative estimate of drug-likeness (QED) is 0.474. The molecule has 0 bridgehead atoms. The molecule has 126 valence electrons. The molecule has 0 aliphatic heterocycles. The Morgan fingerprint density at radius 3 is 2.32 bits per heavy atom. The molecule has 0 radical (unpaired) electrons.